The first-order valence-electron chi connectivity index (χ1n) is 7.12. The van der Waals surface area contributed by atoms with Gasteiger partial charge in [0.1, 0.15) is 0 Å². The van der Waals surface area contributed by atoms with E-state index in [2.05, 4.69) is 25.1 Å². The molecule has 0 spiro atoms. The van der Waals surface area contributed by atoms with E-state index in [1.54, 1.807) is 0 Å². The Morgan fingerprint density at radius 3 is 2.81 bits per heavy atom. The van der Waals surface area contributed by atoms with E-state index in [9.17, 15) is 0 Å². The zero-order chi connectivity index (χ0) is 15.4. The van der Waals surface area contributed by atoms with Gasteiger partial charge in [0.25, 0.3) is 0 Å². The Labute approximate surface area is 135 Å². The Hall–Kier alpha value is -0.620. The Bertz CT molecular complexity index is 487. The summed E-state index contributed by atoms with van der Waals surface area (Å²) in [5, 5.41) is 0.588. The normalized spacial score (nSPS) is 16.3. The van der Waals surface area contributed by atoms with Crippen molar-refractivity contribution in [2.24, 2.45) is 5.73 Å². The van der Waals surface area contributed by atoms with Gasteiger partial charge in [-0.05, 0) is 37.4 Å². The second-order valence-electron chi connectivity index (χ2n) is 5.17. The lowest BCUT2D eigenvalue weighted by Crippen LogP contribution is -2.39. The summed E-state index contributed by atoms with van der Waals surface area (Å²) in [7, 11) is 2.13. The molecule has 0 aliphatic carbocycles. The lowest BCUT2D eigenvalue weighted by Gasteiger charge is -2.34. The summed E-state index contributed by atoms with van der Waals surface area (Å²) in [5.41, 5.74) is 7.10. The number of nitrogens with two attached hydrogens (primary N) is 1. The first-order chi connectivity index (χ1) is 10.1. The van der Waals surface area contributed by atoms with Crippen molar-refractivity contribution in [2.75, 3.05) is 32.4 Å². The highest BCUT2D eigenvalue weighted by molar-refractivity contribution is 7.98. The minimum absolute atomic E-state index is 0.120. The lowest BCUT2D eigenvalue weighted by atomic mass is 10.0. The highest BCUT2D eigenvalue weighted by Gasteiger charge is 2.26. The summed E-state index contributed by atoms with van der Waals surface area (Å²) in [6, 6.07) is 4.54. The first-order valence-corrected chi connectivity index (χ1v) is 8.89. The molecule has 2 atom stereocenters. The average molecular weight is 331 g/mol. The number of ether oxygens (including phenoxy) is 2. The third kappa shape index (κ3) is 3.59. The molecule has 0 radical (unpaired) electrons. The zero-order valence-electron chi connectivity index (χ0n) is 12.8. The number of rotatable bonds is 7. The van der Waals surface area contributed by atoms with E-state index >= 15 is 0 Å². The minimum atomic E-state index is 0.120. The summed E-state index contributed by atoms with van der Waals surface area (Å²) >= 11 is 8.14. The van der Waals surface area contributed by atoms with Gasteiger partial charge in [-0.1, -0.05) is 18.5 Å². The van der Waals surface area contributed by atoms with Crippen molar-refractivity contribution >= 4 is 23.4 Å². The molecule has 1 aromatic rings. The molecule has 0 bridgehead atoms. The van der Waals surface area contributed by atoms with Crippen molar-refractivity contribution in [1.29, 1.82) is 0 Å². The van der Waals surface area contributed by atoms with Crippen LogP contribution in [0.4, 0.5) is 0 Å². The maximum Gasteiger partial charge on any atom is 0.231 e. The zero-order valence-corrected chi connectivity index (χ0v) is 14.3. The van der Waals surface area contributed by atoms with Gasteiger partial charge < -0.3 is 15.2 Å². The van der Waals surface area contributed by atoms with Crippen molar-refractivity contribution < 1.29 is 9.47 Å². The number of hydrogen-bond acceptors (Lipinski definition) is 5. The largest absolute Gasteiger partial charge is 0.454 e. The van der Waals surface area contributed by atoms with E-state index in [0.29, 0.717) is 29.1 Å². The van der Waals surface area contributed by atoms with E-state index in [-0.39, 0.29) is 12.8 Å². The molecule has 0 amide bonds. The van der Waals surface area contributed by atoms with E-state index in [1.807, 2.05) is 23.9 Å². The predicted molar refractivity (Wildman–Crippen MR) is 89.6 cm³/mol. The molecule has 2 unspecified atom stereocenters. The predicted octanol–water partition coefficient (Wildman–Crippen LogP) is 3.14. The second-order valence-corrected chi connectivity index (χ2v) is 6.49. The Morgan fingerprint density at radius 2 is 2.19 bits per heavy atom. The monoisotopic (exact) mass is 330 g/mol. The van der Waals surface area contributed by atoms with Gasteiger partial charge in [0.15, 0.2) is 11.5 Å². The SMILES string of the molecule is CCC(CSC)N(C)C(CN)c1cc(Cl)c2c(c1)OCO2. The van der Waals surface area contributed by atoms with E-state index in [1.165, 1.54) is 0 Å². The van der Waals surface area contributed by atoms with Gasteiger partial charge in [-0.25, -0.2) is 0 Å². The average Bonchev–Trinajstić information content (AvgIpc) is 2.94. The number of thioether (sulfide) groups is 1. The van der Waals surface area contributed by atoms with Crippen LogP contribution in [0.3, 0.4) is 0 Å². The van der Waals surface area contributed by atoms with Crippen LogP contribution in [0.1, 0.15) is 24.9 Å². The number of halogens is 1. The van der Waals surface area contributed by atoms with E-state index < -0.39 is 0 Å². The number of hydrogen-bond donors (Lipinski definition) is 1. The minimum Gasteiger partial charge on any atom is -0.454 e. The van der Waals surface area contributed by atoms with E-state index in [4.69, 9.17) is 26.8 Å². The molecule has 1 heterocycles. The summed E-state index contributed by atoms with van der Waals surface area (Å²) in [6.45, 7) is 2.97. The molecule has 1 aliphatic rings. The smallest absolute Gasteiger partial charge is 0.231 e. The Morgan fingerprint density at radius 1 is 1.43 bits per heavy atom. The molecular weight excluding hydrogens is 308 g/mol. The summed E-state index contributed by atoms with van der Waals surface area (Å²) in [5.74, 6) is 2.43. The van der Waals surface area contributed by atoms with Crippen LogP contribution in [0.15, 0.2) is 12.1 Å². The lowest BCUT2D eigenvalue weighted by molar-refractivity contribution is 0.173. The highest BCUT2D eigenvalue weighted by Crippen LogP contribution is 2.41. The van der Waals surface area contributed by atoms with Gasteiger partial charge in [-0.2, -0.15) is 11.8 Å². The maximum atomic E-state index is 6.29. The summed E-state index contributed by atoms with van der Waals surface area (Å²) < 4.78 is 10.8. The molecule has 0 fully saturated rings. The first kappa shape index (κ1) is 16.7. The van der Waals surface area contributed by atoms with Crippen LogP contribution in [0.25, 0.3) is 0 Å². The number of nitrogens with zero attached hydrogens (tertiary/aromatic N) is 1. The van der Waals surface area contributed by atoms with Gasteiger partial charge >= 0.3 is 0 Å². The van der Waals surface area contributed by atoms with Gasteiger partial charge in [0, 0.05) is 24.4 Å². The number of fused-ring (bicyclic) bond motifs is 1. The second kappa shape index (κ2) is 7.58. The molecule has 2 rings (SSSR count). The van der Waals surface area contributed by atoms with Crippen molar-refractivity contribution in [3.05, 3.63) is 22.7 Å². The molecule has 1 aromatic carbocycles. The van der Waals surface area contributed by atoms with Crippen molar-refractivity contribution in [2.45, 2.75) is 25.4 Å². The maximum absolute atomic E-state index is 6.29. The van der Waals surface area contributed by atoms with E-state index in [0.717, 1.165) is 17.7 Å². The van der Waals surface area contributed by atoms with Gasteiger partial charge in [-0.3, -0.25) is 4.90 Å². The number of benzene rings is 1. The van der Waals surface area contributed by atoms with Crippen molar-refractivity contribution in [3.63, 3.8) is 0 Å². The fourth-order valence-corrected chi connectivity index (χ4v) is 3.82. The Kier molecular flexibility index (Phi) is 6.05. The van der Waals surface area contributed by atoms with Crippen LogP contribution < -0.4 is 15.2 Å². The molecule has 1 aliphatic heterocycles. The molecule has 21 heavy (non-hydrogen) atoms. The highest BCUT2D eigenvalue weighted by atomic mass is 35.5. The third-order valence-corrected chi connectivity index (χ3v) is 4.95. The Balaban J connectivity index is 2.26. The molecule has 0 saturated heterocycles. The van der Waals surface area contributed by atoms with Crippen molar-refractivity contribution in [3.8, 4) is 11.5 Å². The fraction of sp³-hybridized carbons (Fsp3) is 0.600. The van der Waals surface area contributed by atoms with Gasteiger partial charge in [0.2, 0.25) is 6.79 Å². The topological polar surface area (TPSA) is 47.7 Å². The van der Waals surface area contributed by atoms with Crippen LogP contribution >= 0.6 is 23.4 Å². The third-order valence-electron chi connectivity index (χ3n) is 3.96. The summed E-state index contributed by atoms with van der Waals surface area (Å²) in [4.78, 5) is 2.34. The molecular formula is C15H23ClN2O2S. The fourth-order valence-electron chi connectivity index (χ4n) is 2.69. The van der Waals surface area contributed by atoms with Crippen molar-refractivity contribution in [1.82, 2.24) is 4.90 Å². The van der Waals surface area contributed by atoms with Gasteiger partial charge in [-0.15, -0.1) is 0 Å². The molecule has 4 nitrogen and oxygen atoms in total. The molecule has 2 N–H and O–H groups in total. The molecule has 0 saturated carbocycles. The number of likely N-dealkylation sites (N-methyl/N-ethyl adjacent to an activating group) is 1. The quantitative estimate of drug-likeness (QED) is 0.832. The van der Waals surface area contributed by atoms with Crippen LogP contribution in [-0.2, 0) is 0 Å². The van der Waals surface area contributed by atoms with Gasteiger partial charge in [0.05, 0.1) is 5.02 Å². The molecule has 6 heteroatoms. The standard InChI is InChI=1S/C15H23ClN2O2S/c1-4-11(8-21-3)18(2)13(7-17)10-5-12(16)15-14(6-10)19-9-20-15/h5-6,11,13H,4,7-9,17H2,1-3H3. The van der Waals surface area contributed by atoms with Crippen LogP contribution in [0, 0.1) is 0 Å². The van der Waals surface area contributed by atoms with Crippen LogP contribution in [0.5, 0.6) is 11.5 Å². The molecule has 118 valence electrons. The molecule has 0 aromatic heterocycles. The van der Waals surface area contributed by atoms with Crippen LogP contribution in [0.2, 0.25) is 5.02 Å². The summed E-state index contributed by atoms with van der Waals surface area (Å²) in [6.07, 6.45) is 3.22. The van der Waals surface area contributed by atoms with Crippen LogP contribution in [-0.4, -0.2) is 43.3 Å².